The van der Waals surface area contributed by atoms with Crippen molar-refractivity contribution in [1.29, 1.82) is 0 Å². The molecule has 160 valence electrons. The van der Waals surface area contributed by atoms with Crippen LogP contribution in [0.1, 0.15) is 58.0 Å². The first-order valence-corrected chi connectivity index (χ1v) is 11.2. The van der Waals surface area contributed by atoms with Gasteiger partial charge in [0.05, 0.1) is 4.88 Å². The third-order valence-electron chi connectivity index (χ3n) is 3.47. The van der Waals surface area contributed by atoms with Crippen LogP contribution < -0.4 is 10.0 Å². The summed E-state index contributed by atoms with van der Waals surface area (Å²) >= 11 is 5.52. The van der Waals surface area contributed by atoms with Gasteiger partial charge >= 0.3 is 6.09 Å². The molecule has 1 aromatic carbocycles. The molecular weight excluding hydrogens is 437 g/mol. The summed E-state index contributed by atoms with van der Waals surface area (Å²) in [6.07, 6.45) is 0.863. The van der Waals surface area contributed by atoms with Gasteiger partial charge in [-0.1, -0.05) is 29.0 Å². The summed E-state index contributed by atoms with van der Waals surface area (Å²) in [5.74, 6) is -0.532. The Labute approximate surface area is 182 Å². The molecule has 1 amide bonds. The van der Waals surface area contributed by atoms with E-state index in [0.717, 1.165) is 11.3 Å². The van der Waals surface area contributed by atoms with Crippen molar-refractivity contribution in [1.82, 2.24) is 9.71 Å². The zero-order valence-corrected chi connectivity index (χ0v) is 19.5. The van der Waals surface area contributed by atoms with Gasteiger partial charge in [0.1, 0.15) is 22.2 Å². The molecule has 2 atom stereocenters. The smallest absolute Gasteiger partial charge is 0.413 e. The van der Waals surface area contributed by atoms with E-state index in [1.54, 1.807) is 26.8 Å². The number of thiazole rings is 1. The Morgan fingerprint density at radius 1 is 1.31 bits per heavy atom. The fraction of sp³-hybridized carbons (Fsp3) is 0.474. The predicted octanol–water partition coefficient (Wildman–Crippen LogP) is 5.42. The highest BCUT2D eigenvalue weighted by atomic mass is 35.5. The van der Waals surface area contributed by atoms with Gasteiger partial charge in [-0.05, 0) is 53.7 Å². The number of amides is 1. The molecule has 0 aliphatic heterocycles. The number of nitrogens with one attached hydrogen (secondary N) is 2. The molecule has 0 radical (unpaired) electrons. The number of carbonyl (C=O) groups is 1. The molecule has 2 N–H and O–H groups in total. The minimum Gasteiger partial charge on any atom is -0.598 e. The number of anilines is 1. The summed E-state index contributed by atoms with van der Waals surface area (Å²) in [6, 6.07) is 3.57. The first-order valence-electron chi connectivity index (χ1n) is 8.85. The van der Waals surface area contributed by atoms with Gasteiger partial charge in [0.2, 0.25) is 0 Å². The minimum absolute atomic E-state index is 0.263. The lowest BCUT2D eigenvalue weighted by Gasteiger charge is -2.27. The van der Waals surface area contributed by atoms with Crippen LogP contribution in [0, 0.1) is 5.82 Å². The largest absolute Gasteiger partial charge is 0.598 e. The number of carbonyl (C=O) groups excluding carboxylic acids is 1. The molecule has 1 heterocycles. The van der Waals surface area contributed by atoms with Gasteiger partial charge in [0.25, 0.3) is 0 Å². The maximum atomic E-state index is 14.6. The molecule has 2 rings (SSSR count). The zero-order valence-electron chi connectivity index (χ0n) is 17.1. The zero-order chi connectivity index (χ0) is 22.0. The molecule has 6 nitrogen and oxygen atoms in total. The quantitative estimate of drug-likeness (QED) is 0.580. The third kappa shape index (κ3) is 7.11. The Kier molecular flexibility index (Phi) is 7.56. The van der Waals surface area contributed by atoms with E-state index in [-0.39, 0.29) is 15.7 Å². The van der Waals surface area contributed by atoms with Gasteiger partial charge < -0.3 is 9.29 Å². The molecule has 0 saturated heterocycles. The summed E-state index contributed by atoms with van der Waals surface area (Å²) in [7, 11) is 0. The Balaban J connectivity index is 2.32. The fourth-order valence-corrected chi connectivity index (χ4v) is 4.09. The second-order valence-electron chi connectivity index (χ2n) is 8.29. The molecule has 0 aliphatic rings. The molecule has 10 heteroatoms. The third-order valence-corrected chi connectivity index (χ3v) is 6.25. The highest BCUT2D eigenvalue weighted by Crippen LogP contribution is 2.33. The molecule has 0 aliphatic carbocycles. The molecule has 0 saturated carbocycles. The average molecular weight is 462 g/mol. The molecule has 1 unspecified atom stereocenters. The average Bonchev–Trinajstić information content (AvgIpc) is 2.98. The SMILES string of the molecule is CC(C)(C)OC(=O)Nc1ncc([C@@H](N[S+]([O-])C(C)(C)C)c2ccc(Cl)cc2F)s1. The molecule has 0 spiro atoms. The number of aromatic nitrogens is 1. The fourth-order valence-electron chi connectivity index (χ4n) is 2.16. The molecule has 2 aromatic rings. The van der Waals surface area contributed by atoms with Crippen LogP contribution in [-0.2, 0) is 16.1 Å². The lowest BCUT2D eigenvalue weighted by atomic mass is 10.1. The minimum atomic E-state index is -1.48. The van der Waals surface area contributed by atoms with E-state index in [9.17, 15) is 13.7 Å². The van der Waals surface area contributed by atoms with Crippen molar-refractivity contribution < 1.29 is 18.5 Å². The van der Waals surface area contributed by atoms with E-state index >= 15 is 0 Å². The number of rotatable bonds is 5. The van der Waals surface area contributed by atoms with Crippen LogP contribution in [0.3, 0.4) is 0 Å². The summed E-state index contributed by atoms with van der Waals surface area (Å²) in [4.78, 5) is 16.7. The second kappa shape index (κ2) is 9.18. The van der Waals surface area contributed by atoms with Gasteiger partial charge in [-0.25, -0.2) is 14.2 Å². The number of benzene rings is 1. The van der Waals surface area contributed by atoms with Crippen molar-refractivity contribution in [2.75, 3.05) is 5.32 Å². The van der Waals surface area contributed by atoms with Gasteiger partial charge in [0, 0.05) is 28.1 Å². The van der Waals surface area contributed by atoms with Crippen LogP contribution in [0.25, 0.3) is 0 Å². The molecule has 1 aromatic heterocycles. The van der Waals surface area contributed by atoms with Crippen molar-refractivity contribution in [3.8, 4) is 0 Å². The first kappa shape index (κ1) is 23.9. The summed E-state index contributed by atoms with van der Waals surface area (Å²) < 4.78 is 34.9. The van der Waals surface area contributed by atoms with Crippen molar-refractivity contribution in [3.05, 3.63) is 45.7 Å². The Morgan fingerprint density at radius 2 is 1.97 bits per heavy atom. The second-order valence-corrected chi connectivity index (χ2v) is 11.8. The van der Waals surface area contributed by atoms with Crippen molar-refractivity contribution in [3.63, 3.8) is 0 Å². The number of ether oxygens (including phenoxy) is 1. The maximum absolute atomic E-state index is 14.6. The molecular formula is C19H25ClFN3O3S2. The number of nitrogens with zero attached hydrogens (tertiary/aromatic N) is 1. The Morgan fingerprint density at radius 3 is 2.52 bits per heavy atom. The topological polar surface area (TPSA) is 86.3 Å². The molecule has 0 fully saturated rings. The lowest BCUT2D eigenvalue weighted by molar-refractivity contribution is 0.0636. The Bertz CT molecular complexity index is 865. The van der Waals surface area contributed by atoms with Gasteiger partial charge in [-0.15, -0.1) is 4.72 Å². The van der Waals surface area contributed by atoms with Crippen LogP contribution >= 0.6 is 22.9 Å². The van der Waals surface area contributed by atoms with E-state index < -0.39 is 39.7 Å². The van der Waals surface area contributed by atoms with Crippen LogP contribution in [0.15, 0.2) is 24.4 Å². The first-order chi connectivity index (χ1) is 13.3. The van der Waals surface area contributed by atoms with Crippen LogP contribution in [0.4, 0.5) is 14.3 Å². The van der Waals surface area contributed by atoms with Crippen molar-refractivity contribution in [2.45, 2.75) is 57.9 Å². The van der Waals surface area contributed by atoms with E-state index in [4.69, 9.17) is 16.3 Å². The standard InChI is InChI=1S/C19H25ClFN3O3S2/c1-18(2,3)27-17(25)23-16-22-10-14(28-16)15(24-29(26)19(4,5)6)12-8-7-11(20)9-13(12)21/h7-10,15,24H,1-6H3,(H,22,23,25)/t15-,29?/m0/s1. The van der Waals surface area contributed by atoms with Crippen LogP contribution in [0.5, 0.6) is 0 Å². The normalized spacial score (nSPS) is 14.4. The number of hydrogen-bond acceptors (Lipinski definition) is 6. The van der Waals surface area contributed by atoms with Crippen LogP contribution in [0.2, 0.25) is 5.02 Å². The summed E-state index contributed by atoms with van der Waals surface area (Å²) in [5.41, 5.74) is -0.371. The van der Waals surface area contributed by atoms with E-state index in [1.807, 2.05) is 20.8 Å². The van der Waals surface area contributed by atoms with Gasteiger partial charge in [0.15, 0.2) is 5.13 Å². The Hall–Kier alpha value is -1.39. The highest BCUT2D eigenvalue weighted by molar-refractivity contribution is 7.90. The molecule has 29 heavy (non-hydrogen) atoms. The maximum Gasteiger partial charge on any atom is 0.413 e. The lowest BCUT2D eigenvalue weighted by Crippen LogP contribution is -2.41. The van der Waals surface area contributed by atoms with E-state index in [1.165, 1.54) is 18.3 Å². The summed E-state index contributed by atoms with van der Waals surface area (Å²) in [5, 5.41) is 3.11. The van der Waals surface area contributed by atoms with Crippen molar-refractivity contribution in [2.24, 2.45) is 0 Å². The van der Waals surface area contributed by atoms with Crippen molar-refractivity contribution >= 4 is 45.5 Å². The predicted molar refractivity (Wildman–Crippen MR) is 116 cm³/mol. The van der Waals surface area contributed by atoms with E-state index in [2.05, 4.69) is 15.0 Å². The monoisotopic (exact) mass is 461 g/mol. The number of hydrogen-bond donors (Lipinski definition) is 2. The van der Waals surface area contributed by atoms with Gasteiger partial charge in [-0.3, -0.25) is 5.32 Å². The van der Waals surface area contributed by atoms with Crippen LogP contribution in [-0.4, -0.2) is 26.0 Å². The molecule has 0 bridgehead atoms. The van der Waals surface area contributed by atoms with E-state index in [0.29, 0.717) is 4.88 Å². The highest BCUT2D eigenvalue weighted by Gasteiger charge is 2.33. The summed E-state index contributed by atoms with van der Waals surface area (Å²) in [6.45, 7) is 10.7. The van der Waals surface area contributed by atoms with Gasteiger partial charge in [-0.2, -0.15) is 0 Å². The number of halogens is 2.